The standard InChI is InChI=1S/C14H21ClN2O2S/c15-12-1-3-13(4-2-12)20-8-6-17-10-14(18)9-16-5-7-19-11-14/h1-4,16-18H,5-11H2/t14-/m1/s1. The van der Waals surface area contributed by atoms with Crippen molar-refractivity contribution < 1.29 is 9.84 Å². The minimum absolute atomic E-state index is 0.386. The van der Waals surface area contributed by atoms with Crippen LogP contribution in [0, 0.1) is 0 Å². The van der Waals surface area contributed by atoms with Crippen LogP contribution in [0.15, 0.2) is 29.2 Å². The van der Waals surface area contributed by atoms with Gasteiger partial charge in [-0.25, -0.2) is 0 Å². The molecule has 0 spiro atoms. The Labute approximate surface area is 129 Å². The molecule has 1 aliphatic heterocycles. The lowest BCUT2D eigenvalue weighted by molar-refractivity contribution is -0.0258. The molecule has 20 heavy (non-hydrogen) atoms. The molecule has 1 aromatic carbocycles. The van der Waals surface area contributed by atoms with Crippen molar-refractivity contribution >= 4 is 23.4 Å². The lowest BCUT2D eigenvalue weighted by Gasteiger charge is -2.26. The van der Waals surface area contributed by atoms with Gasteiger partial charge in [0, 0.05) is 41.8 Å². The minimum atomic E-state index is -0.804. The first-order chi connectivity index (χ1) is 9.68. The predicted molar refractivity (Wildman–Crippen MR) is 83.7 cm³/mol. The Bertz CT molecular complexity index is 395. The van der Waals surface area contributed by atoms with Crippen LogP contribution < -0.4 is 10.6 Å². The van der Waals surface area contributed by atoms with E-state index in [1.807, 2.05) is 24.3 Å². The number of hydrogen-bond acceptors (Lipinski definition) is 5. The fourth-order valence-electron chi connectivity index (χ4n) is 1.99. The number of aliphatic hydroxyl groups is 1. The van der Waals surface area contributed by atoms with Crippen LogP contribution in [0.4, 0.5) is 0 Å². The molecule has 1 atom stereocenters. The van der Waals surface area contributed by atoms with Gasteiger partial charge in [0.25, 0.3) is 0 Å². The molecule has 6 heteroatoms. The van der Waals surface area contributed by atoms with Gasteiger partial charge in [-0.3, -0.25) is 0 Å². The van der Waals surface area contributed by atoms with Crippen molar-refractivity contribution in [3.05, 3.63) is 29.3 Å². The largest absolute Gasteiger partial charge is 0.385 e. The summed E-state index contributed by atoms with van der Waals surface area (Å²) in [5.41, 5.74) is -0.804. The van der Waals surface area contributed by atoms with Gasteiger partial charge < -0.3 is 20.5 Å². The van der Waals surface area contributed by atoms with E-state index in [0.717, 1.165) is 23.9 Å². The van der Waals surface area contributed by atoms with Gasteiger partial charge >= 0.3 is 0 Å². The summed E-state index contributed by atoms with van der Waals surface area (Å²) >= 11 is 7.61. The highest BCUT2D eigenvalue weighted by Crippen LogP contribution is 2.19. The van der Waals surface area contributed by atoms with Crippen molar-refractivity contribution in [1.82, 2.24) is 10.6 Å². The minimum Gasteiger partial charge on any atom is -0.385 e. The number of nitrogens with one attached hydrogen (secondary N) is 2. The maximum absolute atomic E-state index is 10.3. The van der Waals surface area contributed by atoms with Crippen molar-refractivity contribution in [3.8, 4) is 0 Å². The Balaban J connectivity index is 1.62. The summed E-state index contributed by atoms with van der Waals surface area (Å²) in [4.78, 5) is 1.20. The van der Waals surface area contributed by atoms with E-state index in [2.05, 4.69) is 10.6 Å². The van der Waals surface area contributed by atoms with Crippen LogP contribution in [-0.4, -0.2) is 55.9 Å². The van der Waals surface area contributed by atoms with Crippen molar-refractivity contribution in [3.63, 3.8) is 0 Å². The second-order valence-electron chi connectivity index (χ2n) is 4.93. The van der Waals surface area contributed by atoms with Crippen molar-refractivity contribution in [2.24, 2.45) is 0 Å². The average Bonchev–Trinajstić information content (AvgIpc) is 2.66. The fourth-order valence-corrected chi connectivity index (χ4v) is 2.92. The number of β-amino-alcohol motifs (C(OH)–C–C–N with tert-alkyl or cyclic N) is 1. The average molecular weight is 317 g/mol. The highest BCUT2D eigenvalue weighted by atomic mass is 35.5. The quantitative estimate of drug-likeness (QED) is 0.547. The Hall–Kier alpha value is -0.300. The molecule has 0 unspecified atom stereocenters. The molecule has 1 fully saturated rings. The highest BCUT2D eigenvalue weighted by Gasteiger charge is 2.28. The lowest BCUT2D eigenvalue weighted by Crippen LogP contribution is -2.50. The maximum atomic E-state index is 10.3. The van der Waals surface area contributed by atoms with Crippen molar-refractivity contribution in [2.45, 2.75) is 10.5 Å². The van der Waals surface area contributed by atoms with Gasteiger partial charge in [-0.1, -0.05) is 11.6 Å². The summed E-state index contributed by atoms with van der Waals surface area (Å²) in [5, 5.41) is 17.6. The Kier molecular flexibility index (Phi) is 6.61. The zero-order valence-corrected chi connectivity index (χ0v) is 13.0. The summed E-state index contributed by atoms with van der Waals surface area (Å²) < 4.78 is 5.38. The number of hydrogen-bond donors (Lipinski definition) is 3. The molecule has 0 bridgehead atoms. The van der Waals surface area contributed by atoms with Crippen molar-refractivity contribution in [2.75, 3.05) is 45.1 Å². The first-order valence-corrected chi connectivity index (χ1v) is 8.14. The van der Waals surface area contributed by atoms with Crippen molar-refractivity contribution in [1.29, 1.82) is 0 Å². The molecule has 1 aromatic rings. The molecular formula is C14H21ClN2O2S. The smallest absolute Gasteiger partial charge is 0.113 e. The molecule has 0 saturated carbocycles. The summed E-state index contributed by atoms with van der Waals surface area (Å²) in [6, 6.07) is 7.83. The summed E-state index contributed by atoms with van der Waals surface area (Å²) in [5.74, 6) is 0.950. The lowest BCUT2D eigenvalue weighted by atomic mass is 10.1. The van der Waals surface area contributed by atoms with Gasteiger partial charge in [-0.15, -0.1) is 11.8 Å². The molecule has 1 heterocycles. The van der Waals surface area contributed by atoms with E-state index in [1.54, 1.807) is 11.8 Å². The molecule has 1 saturated heterocycles. The molecule has 4 nitrogen and oxygen atoms in total. The first-order valence-electron chi connectivity index (χ1n) is 6.78. The molecule has 0 radical (unpaired) electrons. The number of benzene rings is 1. The normalized spacial score (nSPS) is 23.5. The van der Waals surface area contributed by atoms with E-state index < -0.39 is 5.60 Å². The molecule has 2 rings (SSSR count). The molecular weight excluding hydrogens is 296 g/mol. The molecule has 0 amide bonds. The van der Waals surface area contributed by atoms with Crippen LogP contribution in [0.5, 0.6) is 0 Å². The van der Waals surface area contributed by atoms with Gasteiger partial charge in [0.2, 0.25) is 0 Å². The van der Waals surface area contributed by atoms with Crippen LogP contribution in [0.3, 0.4) is 0 Å². The first kappa shape index (κ1) is 16.1. The summed E-state index contributed by atoms with van der Waals surface area (Å²) in [6.07, 6.45) is 0. The predicted octanol–water partition coefficient (Wildman–Crippen LogP) is 1.37. The Morgan fingerprint density at radius 3 is 3.00 bits per heavy atom. The number of thioether (sulfide) groups is 1. The van der Waals surface area contributed by atoms with Gasteiger partial charge in [0.05, 0.1) is 13.2 Å². The number of ether oxygens (including phenoxy) is 1. The van der Waals surface area contributed by atoms with Crippen LogP contribution in [-0.2, 0) is 4.74 Å². The van der Waals surface area contributed by atoms with Gasteiger partial charge in [-0.05, 0) is 24.3 Å². The second kappa shape index (κ2) is 8.22. The summed E-state index contributed by atoms with van der Waals surface area (Å²) in [6.45, 7) is 3.81. The molecule has 0 aliphatic carbocycles. The molecule has 1 aliphatic rings. The van der Waals surface area contributed by atoms with Crippen LogP contribution in [0.1, 0.15) is 0 Å². The monoisotopic (exact) mass is 316 g/mol. The van der Waals surface area contributed by atoms with Gasteiger partial charge in [-0.2, -0.15) is 0 Å². The highest BCUT2D eigenvalue weighted by molar-refractivity contribution is 7.99. The number of rotatable bonds is 6. The van der Waals surface area contributed by atoms with E-state index in [-0.39, 0.29) is 0 Å². The van der Waals surface area contributed by atoms with Gasteiger partial charge in [0.1, 0.15) is 5.60 Å². The van der Waals surface area contributed by atoms with E-state index in [0.29, 0.717) is 26.3 Å². The SMILES string of the molecule is O[C@@]1(CNCCSc2ccc(Cl)cc2)CNCCOC1. The van der Waals surface area contributed by atoms with E-state index in [1.165, 1.54) is 4.90 Å². The molecule has 0 aromatic heterocycles. The van der Waals surface area contributed by atoms with E-state index in [4.69, 9.17) is 16.3 Å². The van der Waals surface area contributed by atoms with E-state index in [9.17, 15) is 5.11 Å². The maximum Gasteiger partial charge on any atom is 0.113 e. The molecule has 3 N–H and O–H groups in total. The van der Waals surface area contributed by atoms with Crippen LogP contribution >= 0.6 is 23.4 Å². The Morgan fingerprint density at radius 2 is 2.20 bits per heavy atom. The third-order valence-corrected chi connectivity index (χ3v) is 4.33. The second-order valence-corrected chi connectivity index (χ2v) is 6.54. The van der Waals surface area contributed by atoms with Crippen LogP contribution in [0.2, 0.25) is 5.02 Å². The third-order valence-electron chi connectivity index (χ3n) is 3.06. The third kappa shape index (κ3) is 5.60. The summed E-state index contributed by atoms with van der Waals surface area (Å²) in [7, 11) is 0. The Morgan fingerprint density at radius 1 is 1.40 bits per heavy atom. The number of halogens is 1. The molecule has 112 valence electrons. The topological polar surface area (TPSA) is 53.5 Å². The van der Waals surface area contributed by atoms with E-state index >= 15 is 0 Å². The zero-order valence-electron chi connectivity index (χ0n) is 11.4. The zero-order chi connectivity index (χ0) is 14.3. The fraction of sp³-hybridized carbons (Fsp3) is 0.571. The van der Waals surface area contributed by atoms with Gasteiger partial charge in [0.15, 0.2) is 0 Å². The van der Waals surface area contributed by atoms with Crippen LogP contribution in [0.25, 0.3) is 0 Å².